The number of piperidine rings is 1. The van der Waals surface area contributed by atoms with E-state index < -0.39 is 0 Å². The maximum absolute atomic E-state index is 8.95. The Labute approximate surface area is 83.4 Å². The van der Waals surface area contributed by atoms with Crippen molar-refractivity contribution in [1.29, 1.82) is 0 Å². The van der Waals surface area contributed by atoms with E-state index in [2.05, 4.69) is 15.3 Å². The quantitative estimate of drug-likeness (QED) is 0.729. The molecule has 0 spiro atoms. The zero-order chi connectivity index (χ0) is 9.80. The topological polar surface area (TPSA) is 58.0 Å². The first-order valence-corrected chi connectivity index (χ1v) is 5.05. The lowest BCUT2D eigenvalue weighted by atomic mass is 10.0. The average Bonchev–Trinajstić information content (AvgIpc) is 2.30. The van der Waals surface area contributed by atoms with Gasteiger partial charge in [0.15, 0.2) is 0 Å². The van der Waals surface area contributed by atoms with Gasteiger partial charge in [0.1, 0.15) is 6.33 Å². The summed E-state index contributed by atoms with van der Waals surface area (Å²) in [6, 6.07) is 2.22. The number of hydrogen-bond donors (Lipinski definition) is 2. The molecule has 0 aliphatic carbocycles. The molecule has 1 aromatic heterocycles. The molecule has 0 amide bonds. The average molecular weight is 193 g/mol. The summed E-state index contributed by atoms with van der Waals surface area (Å²) in [6.07, 6.45) is 5.14. The van der Waals surface area contributed by atoms with Crippen LogP contribution in [0.1, 0.15) is 36.7 Å². The molecule has 0 saturated carbocycles. The first-order valence-electron chi connectivity index (χ1n) is 5.05. The maximum atomic E-state index is 8.95. The lowest BCUT2D eigenvalue weighted by molar-refractivity contribution is 0.276. The number of aliphatic hydroxyl groups is 1. The van der Waals surface area contributed by atoms with Gasteiger partial charge in [0.2, 0.25) is 0 Å². The summed E-state index contributed by atoms with van der Waals surface area (Å²) < 4.78 is 0. The van der Waals surface area contributed by atoms with Crippen LogP contribution >= 0.6 is 0 Å². The SMILES string of the molecule is OCc1cc(C2CCCCN2)ncn1. The molecule has 1 aromatic rings. The Bertz CT molecular complexity index is 297. The van der Waals surface area contributed by atoms with Crippen molar-refractivity contribution in [3.63, 3.8) is 0 Å². The molecular formula is C10H15N3O. The number of hydrogen-bond acceptors (Lipinski definition) is 4. The fourth-order valence-electron chi connectivity index (χ4n) is 1.80. The molecule has 1 saturated heterocycles. The number of nitrogens with zero attached hydrogens (tertiary/aromatic N) is 2. The van der Waals surface area contributed by atoms with Gasteiger partial charge in [-0.2, -0.15) is 0 Å². The van der Waals surface area contributed by atoms with Gasteiger partial charge in [-0.3, -0.25) is 0 Å². The van der Waals surface area contributed by atoms with Crippen LogP contribution in [0.4, 0.5) is 0 Å². The zero-order valence-electron chi connectivity index (χ0n) is 8.11. The van der Waals surface area contributed by atoms with Crippen LogP contribution in [-0.2, 0) is 6.61 Å². The molecular weight excluding hydrogens is 178 g/mol. The van der Waals surface area contributed by atoms with Crippen LogP contribution in [0.3, 0.4) is 0 Å². The summed E-state index contributed by atoms with van der Waals surface area (Å²) in [5, 5.41) is 12.4. The van der Waals surface area contributed by atoms with E-state index in [0.717, 1.165) is 18.7 Å². The van der Waals surface area contributed by atoms with Crippen molar-refractivity contribution in [2.45, 2.75) is 31.9 Å². The van der Waals surface area contributed by atoms with Crippen molar-refractivity contribution in [3.05, 3.63) is 23.8 Å². The van der Waals surface area contributed by atoms with Crippen molar-refractivity contribution in [2.75, 3.05) is 6.54 Å². The molecule has 0 aromatic carbocycles. The molecule has 0 bridgehead atoms. The van der Waals surface area contributed by atoms with Crippen LogP contribution in [0.2, 0.25) is 0 Å². The minimum absolute atomic E-state index is 0.0117. The van der Waals surface area contributed by atoms with Crippen LogP contribution in [0, 0.1) is 0 Å². The normalized spacial score (nSPS) is 22.2. The zero-order valence-corrected chi connectivity index (χ0v) is 8.11. The van der Waals surface area contributed by atoms with Crippen molar-refractivity contribution >= 4 is 0 Å². The smallest absolute Gasteiger partial charge is 0.116 e. The van der Waals surface area contributed by atoms with Gasteiger partial charge in [-0.05, 0) is 25.5 Å². The van der Waals surface area contributed by atoms with Crippen LogP contribution in [0.15, 0.2) is 12.4 Å². The second-order valence-corrected chi connectivity index (χ2v) is 3.59. The van der Waals surface area contributed by atoms with Crippen LogP contribution < -0.4 is 5.32 Å². The summed E-state index contributed by atoms with van der Waals surface area (Å²) in [7, 11) is 0. The molecule has 1 fully saturated rings. The number of rotatable bonds is 2. The molecule has 0 radical (unpaired) electrons. The molecule has 4 heteroatoms. The van der Waals surface area contributed by atoms with Gasteiger partial charge < -0.3 is 10.4 Å². The van der Waals surface area contributed by atoms with Crippen LogP contribution in [0.5, 0.6) is 0 Å². The lowest BCUT2D eigenvalue weighted by Crippen LogP contribution is -2.27. The van der Waals surface area contributed by atoms with Gasteiger partial charge in [-0.1, -0.05) is 6.42 Å². The maximum Gasteiger partial charge on any atom is 0.116 e. The number of aliphatic hydroxyl groups excluding tert-OH is 1. The second kappa shape index (κ2) is 4.48. The molecule has 76 valence electrons. The summed E-state index contributed by atoms with van der Waals surface area (Å²) in [5.41, 5.74) is 1.70. The number of aromatic nitrogens is 2. The molecule has 4 nitrogen and oxygen atoms in total. The Kier molecular flexibility index (Phi) is 3.06. The van der Waals surface area contributed by atoms with Crippen LogP contribution in [-0.4, -0.2) is 21.6 Å². The minimum atomic E-state index is -0.0117. The van der Waals surface area contributed by atoms with E-state index in [-0.39, 0.29) is 6.61 Å². The van der Waals surface area contributed by atoms with Crippen molar-refractivity contribution in [3.8, 4) is 0 Å². The molecule has 2 N–H and O–H groups in total. The van der Waals surface area contributed by atoms with E-state index >= 15 is 0 Å². The lowest BCUT2D eigenvalue weighted by Gasteiger charge is -2.22. The Morgan fingerprint density at radius 2 is 2.36 bits per heavy atom. The van der Waals surface area contributed by atoms with E-state index in [1.807, 2.05) is 6.07 Å². The van der Waals surface area contributed by atoms with E-state index in [9.17, 15) is 0 Å². The van der Waals surface area contributed by atoms with Gasteiger partial charge in [0.25, 0.3) is 0 Å². The van der Waals surface area contributed by atoms with E-state index in [4.69, 9.17) is 5.11 Å². The highest BCUT2D eigenvalue weighted by atomic mass is 16.3. The van der Waals surface area contributed by atoms with Crippen molar-refractivity contribution < 1.29 is 5.11 Å². The van der Waals surface area contributed by atoms with E-state index in [0.29, 0.717) is 11.7 Å². The predicted octanol–water partition coefficient (Wildman–Crippen LogP) is 0.783. The Hall–Kier alpha value is -1.00. The standard InChI is InChI=1S/C10H15N3O/c14-6-8-5-10(13-7-12-8)9-3-1-2-4-11-9/h5,7,9,11,14H,1-4,6H2. The number of nitrogens with one attached hydrogen (secondary N) is 1. The Balaban J connectivity index is 2.13. The summed E-state index contributed by atoms with van der Waals surface area (Å²) in [6.45, 7) is 1.05. The highest BCUT2D eigenvalue weighted by Crippen LogP contribution is 2.20. The van der Waals surface area contributed by atoms with Crippen molar-refractivity contribution in [2.24, 2.45) is 0 Å². The van der Waals surface area contributed by atoms with Crippen LogP contribution in [0.25, 0.3) is 0 Å². The summed E-state index contributed by atoms with van der Waals surface area (Å²) >= 11 is 0. The van der Waals surface area contributed by atoms with Gasteiger partial charge in [0, 0.05) is 6.04 Å². The highest BCUT2D eigenvalue weighted by molar-refractivity contribution is 5.12. The fourth-order valence-corrected chi connectivity index (χ4v) is 1.80. The Morgan fingerprint density at radius 1 is 1.43 bits per heavy atom. The predicted molar refractivity (Wildman–Crippen MR) is 52.5 cm³/mol. The molecule has 1 aliphatic rings. The first kappa shape index (κ1) is 9.55. The third-order valence-corrected chi connectivity index (χ3v) is 2.57. The van der Waals surface area contributed by atoms with Gasteiger partial charge in [0.05, 0.1) is 18.0 Å². The van der Waals surface area contributed by atoms with E-state index in [1.54, 1.807) is 0 Å². The van der Waals surface area contributed by atoms with Gasteiger partial charge in [-0.25, -0.2) is 9.97 Å². The van der Waals surface area contributed by atoms with Gasteiger partial charge in [-0.15, -0.1) is 0 Å². The largest absolute Gasteiger partial charge is 0.390 e. The minimum Gasteiger partial charge on any atom is -0.390 e. The van der Waals surface area contributed by atoms with Crippen molar-refractivity contribution in [1.82, 2.24) is 15.3 Å². The van der Waals surface area contributed by atoms with Gasteiger partial charge >= 0.3 is 0 Å². The Morgan fingerprint density at radius 3 is 3.07 bits per heavy atom. The second-order valence-electron chi connectivity index (χ2n) is 3.59. The third kappa shape index (κ3) is 2.08. The summed E-state index contributed by atoms with van der Waals surface area (Å²) in [4.78, 5) is 8.19. The molecule has 2 heterocycles. The molecule has 2 rings (SSSR count). The monoisotopic (exact) mass is 193 g/mol. The third-order valence-electron chi connectivity index (χ3n) is 2.57. The molecule has 1 aliphatic heterocycles. The first-order chi connectivity index (χ1) is 6.90. The van der Waals surface area contributed by atoms with E-state index in [1.165, 1.54) is 19.2 Å². The molecule has 1 unspecified atom stereocenters. The molecule has 1 atom stereocenters. The highest BCUT2D eigenvalue weighted by Gasteiger charge is 2.15. The fraction of sp³-hybridized carbons (Fsp3) is 0.600. The summed E-state index contributed by atoms with van der Waals surface area (Å²) in [5.74, 6) is 0. The molecule has 14 heavy (non-hydrogen) atoms.